The summed E-state index contributed by atoms with van der Waals surface area (Å²) in [5, 5.41) is 11.2. The van der Waals surface area contributed by atoms with Gasteiger partial charge in [0.1, 0.15) is 5.82 Å². The van der Waals surface area contributed by atoms with Crippen LogP contribution in [0.3, 0.4) is 0 Å². The number of amides is 1. The molecule has 11 heteroatoms. The predicted molar refractivity (Wildman–Crippen MR) is 113 cm³/mol. The third-order valence-corrected chi connectivity index (χ3v) is 4.97. The fourth-order valence-corrected chi connectivity index (χ4v) is 3.25. The van der Waals surface area contributed by atoms with Crippen LogP contribution in [0.4, 0.5) is 17.2 Å². The molecule has 1 aromatic carbocycles. The number of H-pyrrole nitrogens is 1. The zero-order chi connectivity index (χ0) is 21.7. The van der Waals surface area contributed by atoms with Crippen LogP contribution in [0.25, 0.3) is 0 Å². The summed E-state index contributed by atoms with van der Waals surface area (Å²) in [7, 11) is 0. The van der Waals surface area contributed by atoms with Gasteiger partial charge in [0.25, 0.3) is 17.2 Å². The van der Waals surface area contributed by atoms with E-state index in [4.69, 9.17) is 5.73 Å². The van der Waals surface area contributed by atoms with E-state index in [0.717, 1.165) is 12.5 Å². The number of rotatable bonds is 8. The Labute approximate surface area is 174 Å². The molecule has 1 amide bonds. The number of unbranched alkanes of at least 4 members (excludes halogenated alkanes) is 1. The van der Waals surface area contributed by atoms with Crippen molar-refractivity contribution in [3.8, 4) is 0 Å². The first-order chi connectivity index (χ1) is 13.7. The van der Waals surface area contributed by atoms with Gasteiger partial charge < -0.3 is 10.6 Å². The van der Waals surface area contributed by atoms with E-state index < -0.39 is 22.1 Å². The molecule has 0 saturated heterocycles. The number of aromatic amines is 1. The maximum absolute atomic E-state index is 13.2. The standard InChI is InChI=1S/C18H22BrN5O5/c1-3-5-9-22(14-15(20)23(8-4-2)18(27)21-16(14)25)17(26)11-6-7-12(19)13(10-11)24(28)29/h6-7,10H,3-5,8-9,20H2,1-2H3,(H,21,25,27). The van der Waals surface area contributed by atoms with Gasteiger partial charge in [-0.2, -0.15) is 0 Å². The van der Waals surface area contributed by atoms with E-state index in [9.17, 15) is 24.5 Å². The molecular formula is C18H22BrN5O5. The summed E-state index contributed by atoms with van der Waals surface area (Å²) in [5.41, 5.74) is 4.28. The average Bonchev–Trinajstić information content (AvgIpc) is 2.67. The van der Waals surface area contributed by atoms with Crippen molar-refractivity contribution in [1.29, 1.82) is 0 Å². The monoisotopic (exact) mass is 467 g/mol. The van der Waals surface area contributed by atoms with Gasteiger partial charge >= 0.3 is 5.69 Å². The molecule has 0 fully saturated rings. The molecule has 1 heterocycles. The number of nitrogens with zero attached hydrogens (tertiary/aromatic N) is 3. The Hall–Kier alpha value is -2.95. The molecule has 0 atom stereocenters. The Bertz CT molecular complexity index is 1050. The van der Waals surface area contributed by atoms with Crippen molar-refractivity contribution in [3.63, 3.8) is 0 Å². The lowest BCUT2D eigenvalue weighted by Gasteiger charge is -2.24. The Morgan fingerprint density at radius 3 is 2.59 bits per heavy atom. The largest absolute Gasteiger partial charge is 0.383 e. The molecule has 0 spiro atoms. The van der Waals surface area contributed by atoms with E-state index in [1.54, 1.807) is 0 Å². The lowest BCUT2D eigenvalue weighted by Crippen LogP contribution is -2.41. The highest BCUT2D eigenvalue weighted by molar-refractivity contribution is 9.10. The van der Waals surface area contributed by atoms with Crippen LogP contribution in [0, 0.1) is 10.1 Å². The predicted octanol–water partition coefficient (Wildman–Crippen LogP) is 2.65. The Kier molecular flexibility index (Phi) is 7.32. The number of nitrogens with one attached hydrogen (secondary N) is 1. The molecule has 0 aliphatic carbocycles. The lowest BCUT2D eigenvalue weighted by molar-refractivity contribution is -0.385. The van der Waals surface area contributed by atoms with Crippen LogP contribution in [-0.2, 0) is 6.54 Å². The number of anilines is 2. The van der Waals surface area contributed by atoms with E-state index in [1.165, 1.54) is 21.6 Å². The highest BCUT2D eigenvalue weighted by Gasteiger charge is 2.26. The normalized spacial score (nSPS) is 10.7. The van der Waals surface area contributed by atoms with Crippen LogP contribution < -0.4 is 21.9 Å². The van der Waals surface area contributed by atoms with Crippen LogP contribution in [-0.4, -0.2) is 26.9 Å². The van der Waals surface area contributed by atoms with Crippen molar-refractivity contribution in [2.24, 2.45) is 0 Å². The first-order valence-electron chi connectivity index (χ1n) is 9.11. The van der Waals surface area contributed by atoms with Gasteiger partial charge in [-0.15, -0.1) is 0 Å². The molecule has 29 heavy (non-hydrogen) atoms. The summed E-state index contributed by atoms with van der Waals surface area (Å²) in [5.74, 6) is -0.732. The number of nitrogens with two attached hydrogens (primary N) is 1. The number of nitro groups is 1. The van der Waals surface area contributed by atoms with E-state index >= 15 is 0 Å². The lowest BCUT2D eigenvalue weighted by atomic mass is 10.1. The zero-order valence-electron chi connectivity index (χ0n) is 16.1. The first kappa shape index (κ1) is 22.3. The molecule has 0 aliphatic heterocycles. The molecule has 10 nitrogen and oxygen atoms in total. The summed E-state index contributed by atoms with van der Waals surface area (Å²) in [6.45, 7) is 4.20. The number of aromatic nitrogens is 2. The Morgan fingerprint density at radius 2 is 2.00 bits per heavy atom. The SMILES string of the molecule is CCCCN(C(=O)c1ccc(Br)c([N+](=O)[O-])c1)c1c(N)n(CCC)c(=O)[nH]c1=O. The number of carbonyl (C=O) groups excluding carboxylic acids is 1. The van der Waals surface area contributed by atoms with Gasteiger partial charge in [0.2, 0.25) is 0 Å². The van der Waals surface area contributed by atoms with Crippen LogP contribution in [0.5, 0.6) is 0 Å². The van der Waals surface area contributed by atoms with E-state index in [-0.39, 0.29) is 40.3 Å². The van der Waals surface area contributed by atoms with Crippen molar-refractivity contribution in [2.45, 2.75) is 39.7 Å². The highest BCUT2D eigenvalue weighted by Crippen LogP contribution is 2.27. The minimum Gasteiger partial charge on any atom is -0.383 e. The maximum Gasteiger partial charge on any atom is 0.330 e. The van der Waals surface area contributed by atoms with Gasteiger partial charge in [0.05, 0.1) is 9.40 Å². The highest BCUT2D eigenvalue weighted by atomic mass is 79.9. The molecule has 2 rings (SSSR count). The third kappa shape index (κ3) is 4.73. The number of carbonyl (C=O) groups is 1. The smallest absolute Gasteiger partial charge is 0.330 e. The topological polar surface area (TPSA) is 144 Å². The molecule has 0 unspecified atom stereocenters. The second kappa shape index (κ2) is 9.50. The van der Waals surface area contributed by atoms with Crippen LogP contribution >= 0.6 is 15.9 Å². The van der Waals surface area contributed by atoms with Gasteiger partial charge in [0, 0.05) is 24.7 Å². The molecular weight excluding hydrogens is 446 g/mol. The minimum atomic E-state index is -0.782. The summed E-state index contributed by atoms with van der Waals surface area (Å²) in [6.07, 6.45) is 1.89. The van der Waals surface area contributed by atoms with Crippen LogP contribution in [0.2, 0.25) is 0 Å². The second-order valence-electron chi connectivity index (χ2n) is 6.38. The Balaban J connectivity index is 2.64. The quantitative estimate of drug-likeness (QED) is 0.450. The van der Waals surface area contributed by atoms with Gasteiger partial charge in [-0.25, -0.2) is 4.79 Å². The molecule has 0 aliphatic rings. The van der Waals surface area contributed by atoms with Crippen molar-refractivity contribution >= 4 is 39.0 Å². The van der Waals surface area contributed by atoms with Gasteiger partial charge in [0.15, 0.2) is 5.69 Å². The summed E-state index contributed by atoms with van der Waals surface area (Å²) >= 11 is 3.08. The fourth-order valence-electron chi connectivity index (χ4n) is 2.86. The molecule has 0 radical (unpaired) electrons. The number of halogens is 1. The number of benzene rings is 1. The fraction of sp³-hybridized carbons (Fsp3) is 0.389. The van der Waals surface area contributed by atoms with Gasteiger partial charge in [-0.1, -0.05) is 20.3 Å². The van der Waals surface area contributed by atoms with Gasteiger partial charge in [-0.3, -0.25) is 29.3 Å². The zero-order valence-corrected chi connectivity index (χ0v) is 17.7. The number of hydrogen-bond donors (Lipinski definition) is 2. The maximum atomic E-state index is 13.2. The minimum absolute atomic E-state index is 0.0306. The summed E-state index contributed by atoms with van der Waals surface area (Å²) < 4.78 is 1.43. The van der Waals surface area contributed by atoms with Crippen LogP contribution in [0.1, 0.15) is 43.5 Å². The molecule has 1 aromatic heterocycles. The second-order valence-corrected chi connectivity index (χ2v) is 7.23. The number of nitro benzene ring substituents is 1. The molecule has 3 N–H and O–H groups in total. The first-order valence-corrected chi connectivity index (χ1v) is 9.90. The number of nitrogen functional groups attached to an aromatic ring is 1. The third-order valence-electron chi connectivity index (χ3n) is 4.30. The number of hydrogen-bond acceptors (Lipinski definition) is 6. The molecule has 2 aromatic rings. The summed E-state index contributed by atoms with van der Waals surface area (Å²) in [6, 6.07) is 3.96. The van der Waals surface area contributed by atoms with E-state index in [0.29, 0.717) is 12.8 Å². The molecule has 156 valence electrons. The van der Waals surface area contributed by atoms with E-state index in [1.807, 2.05) is 13.8 Å². The van der Waals surface area contributed by atoms with Crippen molar-refractivity contribution in [2.75, 3.05) is 17.2 Å². The molecule has 0 bridgehead atoms. The summed E-state index contributed by atoms with van der Waals surface area (Å²) in [4.78, 5) is 51.8. The van der Waals surface area contributed by atoms with E-state index in [2.05, 4.69) is 20.9 Å². The van der Waals surface area contributed by atoms with Crippen LogP contribution in [0.15, 0.2) is 32.3 Å². The van der Waals surface area contributed by atoms with Gasteiger partial charge in [-0.05, 0) is 40.9 Å². The van der Waals surface area contributed by atoms with Crippen molar-refractivity contribution in [1.82, 2.24) is 9.55 Å². The Morgan fingerprint density at radius 1 is 1.31 bits per heavy atom. The average molecular weight is 468 g/mol. The van der Waals surface area contributed by atoms with Crippen molar-refractivity contribution < 1.29 is 9.72 Å². The van der Waals surface area contributed by atoms with Crippen molar-refractivity contribution in [3.05, 3.63) is 59.2 Å². The molecule has 0 saturated carbocycles.